The van der Waals surface area contributed by atoms with Gasteiger partial charge < -0.3 is 0 Å². The highest BCUT2D eigenvalue weighted by atomic mass is 32.2. The molecule has 26 heavy (non-hydrogen) atoms. The Balaban J connectivity index is 1.78. The normalized spacial score (nSPS) is 19.0. The van der Waals surface area contributed by atoms with Crippen molar-refractivity contribution in [2.45, 2.75) is 38.0 Å². The molecule has 2 aromatic carbocycles. The van der Waals surface area contributed by atoms with Crippen molar-refractivity contribution in [3.63, 3.8) is 0 Å². The number of carbonyl (C=O) groups excluding carboxylic acids is 1. The zero-order valence-electron chi connectivity index (χ0n) is 14.9. The number of amidine groups is 1. The number of nitrogens with zero attached hydrogens (tertiary/aromatic N) is 3. The predicted molar refractivity (Wildman–Crippen MR) is 109 cm³/mol. The van der Waals surface area contributed by atoms with Gasteiger partial charge in [0.1, 0.15) is 0 Å². The molecule has 1 aliphatic heterocycles. The summed E-state index contributed by atoms with van der Waals surface area (Å²) < 4.78 is 0. The Labute approximate surface area is 159 Å². The standard InChI is InChI=1S/C21H23N3OS/c1-2-3-14-19-20(25)24(16-18-12-8-5-9-13-18)21(26-19)23-22-15-17-10-6-4-7-11-17/h4-13,15,19H,2-3,14,16H2,1H3/b22-15+,23-21+. The highest BCUT2D eigenvalue weighted by Gasteiger charge is 2.37. The van der Waals surface area contributed by atoms with Gasteiger partial charge in [-0.25, -0.2) is 0 Å². The highest BCUT2D eigenvalue weighted by Crippen LogP contribution is 2.32. The van der Waals surface area contributed by atoms with Crippen LogP contribution in [0.25, 0.3) is 0 Å². The van der Waals surface area contributed by atoms with Crippen LogP contribution in [0.2, 0.25) is 0 Å². The Kier molecular flexibility index (Phi) is 6.61. The number of unbranched alkanes of at least 4 members (excludes halogenated alkanes) is 1. The first-order chi connectivity index (χ1) is 12.8. The molecule has 0 saturated carbocycles. The number of thioether (sulfide) groups is 1. The summed E-state index contributed by atoms with van der Waals surface area (Å²) in [5.74, 6) is 0.140. The van der Waals surface area contributed by atoms with Gasteiger partial charge >= 0.3 is 0 Å². The van der Waals surface area contributed by atoms with Crippen LogP contribution in [0.1, 0.15) is 37.3 Å². The van der Waals surface area contributed by atoms with Crippen molar-refractivity contribution in [3.8, 4) is 0 Å². The van der Waals surface area contributed by atoms with E-state index in [9.17, 15) is 4.79 Å². The Morgan fingerprint density at radius 2 is 1.77 bits per heavy atom. The van der Waals surface area contributed by atoms with Crippen LogP contribution in [-0.2, 0) is 11.3 Å². The summed E-state index contributed by atoms with van der Waals surface area (Å²) in [6.07, 6.45) is 4.73. The number of hydrogen-bond acceptors (Lipinski definition) is 4. The largest absolute Gasteiger partial charge is 0.284 e. The molecule has 5 heteroatoms. The minimum atomic E-state index is -0.0515. The molecule has 1 aliphatic rings. The van der Waals surface area contributed by atoms with Crippen molar-refractivity contribution in [2.75, 3.05) is 0 Å². The lowest BCUT2D eigenvalue weighted by atomic mass is 10.1. The van der Waals surface area contributed by atoms with Crippen LogP contribution in [0.15, 0.2) is 70.9 Å². The number of rotatable bonds is 7. The van der Waals surface area contributed by atoms with Crippen molar-refractivity contribution < 1.29 is 4.79 Å². The summed E-state index contributed by atoms with van der Waals surface area (Å²) >= 11 is 1.53. The Morgan fingerprint density at radius 3 is 2.46 bits per heavy atom. The molecule has 0 aromatic heterocycles. The molecule has 0 spiro atoms. The molecule has 0 bridgehead atoms. The lowest BCUT2D eigenvalue weighted by Crippen LogP contribution is -2.31. The maximum absolute atomic E-state index is 12.8. The summed E-state index contributed by atoms with van der Waals surface area (Å²) in [6.45, 7) is 2.68. The smallest absolute Gasteiger partial charge is 0.242 e. The lowest BCUT2D eigenvalue weighted by Gasteiger charge is -2.15. The van der Waals surface area contributed by atoms with Crippen LogP contribution >= 0.6 is 11.8 Å². The molecule has 1 unspecified atom stereocenters. The van der Waals surface area contributed by atoms with Gasteiger partial charge in [-0.1, -0.05) is 92.2 Å². The summed E-state index contributed by atoms with van der Waals surface area (Å²) in [6, 6.07) is 19.9. The first kappa shape index (κ1) is 18.4. The van der Waals surface area contributed by atoms with E-state index in [2.05, 4.69) is 17.1 Å². The molecule has 4 nitrogen and oxygen atoms in total. The fraction of sp³-hybridized carbons (Fsp3) is 0.286. The van der Waals surface area contributed by atoms with E-state index >= 15 is 0 Å². The first-order valence-electron chi connectivity index (χ1n) is 8.96. The SMILES string of the molecule is CCCCC1S/C(=N/N=C/c2ccccc2)N(Cc2ccccc2)C1=O. The van der Waals surface area contributed by atoms with Gasteiger partial charge in [-0.2, -0.15) is 5.10 Å². The van der Waals surface area contributed by atoms with Crippen molar-refractivity contribution in [1.29, 1.82) is 0 Å². The van der Waals surface area contributed by atoms with Crippen LogP contribution in [0.3, 0.4) is 0 Å². The van der Waals surface area contributed by atoms with Gasteiger partial charge in [-0.05, 0) is 17.5 Å². The molecule has 1 heterocycles. The van der Waals surface area contributed by atoms with Crippen molar-refractivity contribution in [1.82, 2.24) is 4.90 Å². The zero-order chi connectivity index (χ0) is 18.2. The average molecular weight is 366 g/mol. The molecule has 0 aliphatic carbocycles. The van der Waals surface area contributed by atoms with E-state index < -0.39 is 0 Å². The zero-order valence-corrected chi connectivity index (χ0v) is 15.7. The van der Waals surface area contributed by atoms with Gasteiger partial charge in [0.25, 0.3) is 0 Å². The molecular weight excluding hydrogens is 342 g/mol. The van der Waals surface area contributed by atoms with E-state index in [1.807, 2.05) is 60.7 Å². The lowest BCUT2D eigenvalue weighted by molar-refractivity contribution is -0.126. The quantitative estimate of drug-likeness (QED) is 0.527. The molecule has 1 atom stereocenters. The van der Waals surface area contributed by atoms with Gasteiger partial charge in [0.05, 0.1) is 18.0 Å². The fourth-order valence-corrected chi connectivity index (χ4v) is 3.90. The van der Waals surface area contributed by atoms with Crippen molar-refractivity contribution >= 4 is 29.1 Å². The summed E-state index contributed by atoms with van der Waals surface area (Å²) in [7, 11) is 0. The highest BCUT2D eigenvalue weighted by molar-refractivity contribution is 8.15. The molecule has 0 radical (unpaired) electrons. The van der Waals surface area contributed by atoms with Gasteiger partial charge in [0.15, 0.2) is 5.17 Å². The monoisotopic (exact) mass is 365 g/mol. The third-order valence-electron chi connectivity index (χ3n) is 4.17. The van der Waals surface area contributed by atoms with Crippen molar-refractivity contribution in [2.24, 2.45) is 10.2 Å². The van der Waals surface area contributed by atoms with E-state index in [1.165, 1.54) is 11.8 Å². The van der Waals surface area contributed by atoms with E-state index in [0.717, 1.165) is 30.4 Å². The van der Waals surface area contributed by atoms with Gasteiger partial charge in [-0.15, -0.1) is 5.10 Å². The molecule has 134 valence electrons. The summed E-state index contributed by atoms with van der Waals surface area (Å²) in [4.78, 5) is 14.6. The van der Waals surface area contributed by atoms with Gasteiger partial charge in [-0.3, -0.25) is 9.69 Å². The van der Waals surface area contributed by atoms with Crippen LogP contribution in [-0.4, -0.2) is 27.4 Å². The van der Waals surface area contributed by atoms with Crippen LogP contribution < -0.4 is 0 Å². The van der Waals surface area contributed by atoms with E-state index in [-0.39, 0.29) is 11.2 Å². The Morgan fingerprint density at radius 1 is 1.08 bits per heavy atom. The van der Waals surface area contributed by atoms with Crippen molar-refractivity contribution in [3.05, 3.63) is 71.8 Å². The third-order valence-corrected chi connectivity index (χ3v) is 5.41. The number of benzene rings is 2. The Bertz CT molecular complexity index is 774. The molecule has 0 N–H and O–H groups in total. The van der Waals surface area contributed by atoms with Crippen LogP contribution in [0.5, 0.6) is 0 Å². The molecular formula is C21H23N3OS. The van der Waals surface area contributed by atoms with Gasteiger partial charge in [0, 0.05) is 0 Å². The molecule has 2 aromatic rings. The Hall–Kier alpha value is -2.40. The first-order valence-corrected chi connectivity index (χ1v) is 9.84. The van der Waals surface area contributed by atoms with E-state index in [0.29, 0.717) is 11.7 Å². The summed E-state index contributed by atoms with van der Waals surface area (Å²) in [5, 5.41) is 9.21. The van der Waals surface area contributed by atoms with E-state index in [4.69, 9.17) is 0 Å². The maximum atomic E-state index is 12.8. The maximum Gasteiger partial charge on any atom is 0.242 e. The molecule has 1 saturated heterocycles. The molecule has 1 amide bonds. The third kappa shape index (κ3) is 4.82. The fourth-order valence-electron chi connectivity index (χ4n) is 2.75. The van der Waals surface area contributed by atoms with Crippen LogP contribution in [0, 0.1) is 0 Å². The van der Waals surface area contributed by atoms with Crippen LogP contribution in [0.4, 0.5) is 0 Å². The topological polar surface area (TPSA) is 45.0 Å². The minimum Gasteiger partial charge on any atom is -0.284 e. The second-order valence-corrected chi connectivity index (χ2v) is 7.37. The van der Waals surface area contributed by atoms with Gasteiger partial charge in [0.2, 0.25) is 5.91 Å². The number of carbonyl (C=O) groups is 1. The molecule has 1 fully saturated rings. The predicted octanol–water partition coefficient (Wildman–Crippen LogP) is 4.71. The second-order valence-electron chi connectivity index (χ2n) is 6.20. The number of amides is 1. The number of hydrogen-bond donors (Lipinski definition) is 0. The average Bonchev–Trinajstić information content (AvgIpc) is 2.97. The molecule has 3 rings (SSSR count). The summed E-state index contributed by atoms with van der Waals surface area (Å²) in [5.41, 5.74) is 2.08. The minimum absolute atomic E-state index is 0.0515. The second kappa shape index (κ2) is 9.34. The van der Waals surface area contributed by atoms with E-state index in [1.54, 1.807) is 11.1 Å².